The number of alkyl halides is 3. The Kier molecular flexibility index (Phi) is 5.63. The summed E-state index contributed by atoms with van der Waals surface area (Å²) in [4.78, 5) is 0. The summed E-state index contributed by atoms with van der Waals surface area (Å²) in [5, 5.41) is 0. The molecule has 0 aromatic heterocycles. The van der Waals surface area contributed by atoms with Crippen LogP contribution in [0.3, 0.4) is 0 Å². The fraction of sp³-hybridized carbons (Fsp3) is 0.455. The second-order valence-corrected chi connectivity index (χ2v) is 2.96. The second-order valence-electron chi connectivity index (χ2n) is 2.96. The molecular weight excluding hydrogens is 265 g/mol. The third-order valence-corrected chi connectivity index (χ3v) is 1.99. The summed E-state index contributed by atoms with van der Waals surface area (Å²) in [5.41, 5.74) is -3.58. The lowest BCUT2D eigenvalue weighted by Gasteiger charge is -2.12. The average molecular weight is 276 g/mol. The molecule has 0 aliphatic heterocycles. The Hall–Kier alpha value is -1.27. The van der Waals surface area contributed by atoms with E-state index in [1.807, 2.05) is 13.8 Å². The molecule has 0 heterocycles. The second kappa shape index (κ2) is 6.06. The van der Waals surface area contributed by atoms with Gasteiger partial charge in [-0.15, -0.1) is 0 Å². The van der Waals surface area contributed by atoms with Crippen molar-refractivity contribution in [2.45, 2.75) is 33.4 Å². The molecule has 0 atom stereocenters. The summed E-state index contributed by atoms with van der Waals surface area (Å²) in [5.74, 6) is -8.84. The predicted octanol–water partition coefficient (Wildman–Crippen LogP) is 4.85. The highest BCUT2D eigenvalue weighted by Crippen LogP contribution is 2.36. The van der Waals surface area contributed by atoms with E-state index < -0.39 is 47.0 Å². The van der Waals surface area contributed by atoms with Gasteiger partial charge in [0.1, 0.15) is 5.56 Å². The van der Waals surface area contributed by atoms with Gasteiger partial charge in [-0.25, -0.2) is 17.6 Å². The van der Waals surface area contributed by atoms with Crippen LogP contribution in [0.5, 0.6) is 0 Å². The molecule has 0 fully saturated rings. The molecule has 1 aromatic carbocycles. The van der Waals surface area contributed by atoms with Gasteiger partial charge in [-0.3, -0.25) is 0 Å². The van der Waals surface area contributed by atoms with E-state index in [-0.39, 0.29) is 0 Å². The normalized spacial score (nSPS) is 11.0. The van der Waals surface area contributed by atoms with E-state index in [0.717, 1.165) is 6.92 Å². The van der Waals surface area contributed by atoms with E-state index in [0.29, 0.717) is 0 Å². The van der Waals surface area contributed by atoms with Crippen LogP contribution >= 0.6 is 0 Å². The van der Waals surface area contributed by atoms with E-state index in [2.05, 4.69) is 0 Å². The van der Waals surface area contributed by atoms with Gasteiger partial charge in [0.05, 0.1) is 0 Å². The number of hydrogen-bond acceptors (Lipinski definition) is 0. The van der Waals surface area contributed by atoms with Crippen molar-refractivity contribution in [2.75, 3.05) is 0 Å². The van der Waals surface area contributed by atoms with Crippen molar-refractivity contribution >= 4 is 0 Å². The Bertz CT molecular complexity index is 391. The lowest BCUT2D eigenvalue weighted by Crippen LogP contribution is -2.16. The first-order valence-corrected chi connectivity index (χ1v) is 5.13. The Balaban J connectivity index is 0.00000137. The number of hydrogen-bond donors (Lipinski definition) is 0. The molecule has 1 aromatic rings. The average Bonchev–Trinajstić information content (AvgIpc) is 2.28. The molecule has 104 valence electrons. The third kappa shape index (κ3) is 2.94. The van der Waals surface area contributed by atoms with Crippen LogP contribution in [-0.4, -0.2) is 0 Å². The molecule has 0 spiro atoms. The van der Waals surface area contributed by atoms with Crippen LogP contribution in [0, 0.1) is 23.3 Å². The molecule has 0 aliphatic carbocycles. The predicted molar refractivity (Wildman–Crippen MR) is 52.0 cm³/mol. The van der Waals surface area contributed by atoms with E-state index >= 15 is 0 Å². The smallest absolute Gasteiger partial charge is 0.203 e. The third-order valence-electron chi connectivity index (χ3n) is 1.99. The van der Waals surface area contributed by atoms with Gasteiger partial charge in [0.15, 0.2) is 23.3 Å². The van der Waals surface area contributed by atoms with Crippen LogP contribution < -0.4 is 0 Å². The van der Waals surface area contributed by atoms with Crippen molar-refractivity contribution in [3.8, 4) is 0 Å². The Morgan fingerprint density at radius 3 is 1.33 bits per heavy atom. The molecule has 0 nitrogen and oxygen atoms in total. The summed E-state index contributed by atoms with van der Waals surface area (Å²) in [6.45, 7) is 5.16. The zero-order valence-corrected chi connectivity index (χ0v) is 9.85. The molecule has 0 saturated carbocycles. The zero-order valence-electron chi connectivity index (χ0n) is 9.85. The standard InChI is InChI=1S/C9H5F7.C2H6/c1-2-3-5(10)7(12)4(9(14,15)16)8(13)6(3)11;1-2/h2H2,1H3;1-2H3. The molecule has 0 amide bonds. The molecule has 0 radical (unpaired) electrons. The minimum atomic E-state index is -5.48. The van der Waals surface area contributed by atoms with E-state index in [1.54, 1.807) is 0 Å². The molecule has 1 rings (SSSR count). The number of rotatable bonds is 1. The Morgan fingerprint density at radius 2 is 1.11 bits per heavy atom. The quantitative estimate of drug-likeness (QED) is 0.508. The largest absolute Gasteiger partial charge is 0.422 e. The molecule has 0 saturated heterocycles. The van der Waals surface area contributed by atoms with E-state index in [1.165, 1.54) is 0 Å². The SMILES string of the molecule is CC.CCc1c(F)c(F)c(C(F)(F)F)c(F)c1F. The highest BCUT2D eigenvalue weighted by molar-refractivity contribution is 5.31. The monoisotopic (exact) mass is 276 g/mol. The molecular formula is C11H11F7. The van der Waals surface area contributed by atoms with Gasteiger partial charge >= 0.3 is 6.18 Å². The fourth-order valence-corrected chi connectivity index (χ4v) is 1.24. The van der Waals surface area contributed by atoms with Crippen molar-refractivity contribution in [1.82, 2.24) is 0 Å². The maximum absolute atomic E-state index is 13.0. The first kappa shape index (κ1) is 16.7. The van der Waals surface area contributed by atoms with Gasteiger partial charge < -0.3 is 0 Å². The zero-order chi connectivity index (χ0) is 14.7. The van der Waals surface area contributed by atoms with Gasteiger partial charge in [-0.05, 0) is 6.42 Å². The van der Waals surface area contributed by atoms with Crippen LogP contribution in [0.4, 0.5) is 30.7 Å². The summed E-state index contributed by atoms with van der Waals surface area (Å²) in [6.07, 6.45) is -5.94. The Morgan fingerprint density at radius 1 is 0.778 bits per heavy atom. The molecule has 7 heteroatoms. The summed E-state index contributed by atoms with van der Waals surface area (Å²) >= 11 is 0. The summed E-state index contributed by atoms with van der Waals surface area (Å²) < 4.78 is 87.9. The lowest BCUT2D eigenvalue weighted by atomic mass is 10.1. The van der Waals surface area contributed by atoms with Gasteiger partial charge in [-0.1, -0.05) is 20.8 Å². The van der Waals surface area contributed by atoms with E-state index in [4.69, 9.17) is 0 Å². The summed E-state index contributed by atoms with van der Waals surface area (Å²) in [7, 11) is 0. The highest BCUT2D eigenvalue weighted by Gasteiger charge is 2.41. The number of halogens is 7. The van der Waals surface area contributed by atoms with Gasteiger partial charge in [0.25, 0.3) is 0 Å². The fourth-order valence-electron chi connectivity index (χ4n) is 1.24. The first-order chi connectivity index (χ1) is 8.21. The Labute approximate surface area is 99.4 Å². The van der Waals surface area contributed by atoms with Crippen molar-refractivity contribution in [2.24, 2.45) is 0 Å². The molecule has 18 heavy (non-hydrogen) atoms. The van der Waals surface area contributed by atoms with Crippen LogP contribution in [0.1, 0.15) is 31.9 Å². The van der Waals surface area contributed by atoms with Crippen molar-refractivity contribution in [1.29, 1.82) is 0 Å². The van der Waals surface area contributed by atoms with Crippen LogP contribution in [-0.2, 0) is 12.6 Å². The van der Waals surface area contributed by atoms with Crippen molar-refractivity contribution in [3.63, 3.8) is 0 Å². The topological polar surface area (TPSA) is 0 Å². The lowest BCUT2D eigenvalue weighted by molar-refractivity contribution is -0.143. The van der Waals surface area contributed by atoms with Gasteiger partial charge in [-0.2, -0.15) is 13.2 Å². The van der Waals surface area contributed by atoms with Gasteiger partial charge in [0, 0.05) is 5.56 Å². The minimum absolute atomic E-state index is 0.455. The van der Waals surface area contributed by atoms with Crippen LogP contribution in [0.2, 0.25) is 0 Å². The molecule has 0 unspecified atom stereocenters. The van der Waals surface area contributed by atoms with E-state index in [9.17, 15) is 30.7 Å². The maximum Gasteiger partial charge on any atom is 0.422 e. The first-order valence-electron chi connectivity index (χ1n) is 5.13. The number of benzene rings is 1. The molecule has 0 aliphatic rings. The van der Waals surface area contributed by atoms with Crippen LogP contribution in [0.25, 0.3) is 0 Å². The molecule has 0 N–H and O–H groups in total. The summed E-state index contributed by atoms with van der Waals surface area (Å²) in [6, 6.07) is 0. The van der Waals surface area contributed by atoms with Crippen molar-refractivity contribution < 1.29 is 30.7 Å². The van der Waals surface area contributed by atoms with Crippen molar-refractivity contribution in [3.05, 3.63) is 34.4 Å². The van der Waals surface area contributed by atoms with Crippen LogP contribution in [0.15, 0.2) is 0 Å². The highest BCUT2D eigenvalue weighted by atomic mass is 19.4. The molecule has 0 bridgehead atoms. The maximum atomic E-state index is 13.0. The minimum Gasteiger partial charge on any atom is -0.203 e. The van der Waals surface area contributed by atoms with Gasteiger partial charge in [0.2, 0.25) is 0 Å².